The number of carbonyl (C=O) groups excluding carboxylic acids is 2. The predicted molar refractivity (Wildman–Crippen MR) is 136 cm³/mol. The van der Waals surface area contributed by atoms with Crippen LogP contribution in [0.4, 0.5) is 15.2 Å². The van der Waals surface area contributed by atoms with E-state index in [1.54, 1.807) is 21.9 Å². The van der Waals surface area contributed by atoms with Crippen LogP contribution in [-0.2, 0) is 14.3 Å². The molecular weight excluding hydrogens is 491 g/mol. The highest BCUT2D eigenvalue weighted by molar-refractivity contribution is 7.22. The number of hydrogen-bond acceptors (Lipinski definition) is 6. The van der Waals surface area contributed by atoms with Crippen molar-refractivity contribution in [2.45, 2.75) is 13.3 Å². The lowest BCUT2D eigenvalue weighted by atomic mass is 10.1. The Bertz CT molecular complexity index is 1250. The minimum Gasteiger partial charge on any atom is -0.379 e. The first-order valence-corrected chi connectivity index (χ1v) is 12.8. The molecular formula is C25H26ClFN4O3S. The van der Waals surface area contributed by atoms with Crippen molar-refractivity contribution < 1.29 is 18.7 Å². The molecule has 2 amide bonds. The molecule has 3 heterocycles. The molecule has 2 aromatic carbocycles. The molecule has 2 aliphatic rings. The smallest absolute Gasteiger partial charge is 0.234 e. The summed E-state index contributed by atoms with van der Waals surface area (Å²) in [6.45, 7) is 6.32. The third kappa shape index (κ3) is 5.04. The quantitative estimate of drug-likeness (QED) is 0.493. The number of ether oxygens (including phenoxy) is 1. The Balaban J connectivity index is 1.41. The molecule has 1 aromatic heterocycles. The van der Waals surface area contributed by atoms with E-state index >= 15 is 0 Å². The second kappa shape index (κ2) is 10.2. The average molecular weight is 517 g/mol. The van der Waals surface area contributed by atoms with Crippen LogP contribution in [0.2, 0.25) is 5.02 Å². The maximum Gasteiger partial charge on any atom is 0.234 e. The number of anilines is 2. The Morgan fingerprint density at radius 2 is 1.97 bits per heavy atom. The Kier molecular flexibility index (Phi) is 7.02. The molecule has 0 N–H and O–H groups in total. The predicted octanol–water partition coefficient (Wildman–Crippen LogP) is 4.12. The summed E-state index contributed by atoms with van der Waals surface area (Å²) in [5.41, 5.74) is 2.26. The molecule has 5 rings (SSSR count). The molecule has 0 bridgehead atoms. The first-order valence-electron chi connectivity index (χ1n) is 11.6. The summed E-state index contributed by atoms with van der Waals surface area (Å²) < 4.78 is 19.8. The maximum atomic E-state index is 13.8. The van der Waals surface area contributed by atoms with Crippen LogP contribution in [-0.4, -0.2) is 67.6 Å². The van der Waals surface area contributed by atoms with Gasteiger partial charge >= 0.3 is 0 Å². The van der Waals surface area contributed by atoms with E-state index in [4.69, 9.17) is 21.3 Å². The van der Waals surface area contributed by atoms with Crippen molar-refractivity contribution in [1.29, 1.82) is 0 Å². The lowest BCUT2D eigenvalue weighted by Crippen LogP contribution is -2.45. The van der Waals surface area contributed by atoms with Crippen LogP contribution < -0.4 is 9.80 Å². The fourth-order valence-electron chi connectivity index (χ4n) is 4.53. The topological polar surface area (TPSA) is 66.0 Å². The van der Waals surface area contributed by atoms with Crippen LogP contribution in [0.15, 0.2) is 36.4 Å². The van der Waals surface area contributed by atoms with Crippen LogP contribution in [0.1, 0.15) is 12.0 Å². The van der Waals surface area contributed by atoms with Gasteiger partial charge in [-0.1, -0.05) is 22.9 Å². The monoisotopic (exact) mass is 516 g/mol. The lowest BCUT2D eigenvalue weighted by Gasteiger charge is -2.30. The number of morpholine rings is 1. The van der Waals surface area contributed by atoms with Crippen molar-refractivity contribution in [2.75, 3.05) is 55.7 Å². The Hall–Kier alpha value is -2.59. The number of hydrogen-bond donors (Lipinski definition) is 0. The standard InChI is InChI=1S/C25H26ClFN4O3S/c1-16-20(26)6-7-21-23(16)28-25(35-21)30(9-8-29-10-12-34-13-11-29)24(33)17-14-22(32)31(15-17)19-4-2-18(27)3-5-19/h2-7,17H,8-15H2,1H3. The van der Waals surface area contributed by atoms with E-state index in [1.165, 1.54) is 23.5 Å². The van der Waals surface area contributed by atoms with Crippen LogP contribution in [0.25, 0.3) is 10.2 Å². The third-order valence-electron chi connectivity index (χ3n) is 6.59. The summed E-state index contributed by atoms with van der Waals surface area (Å²) in [6, 6.07) is 9.54. The highest BCUT2D eigenvalue weighted by Gasteiger charge is 2.38. The number of aromatic nitrogens is 1. The summed E-state index contributed by atoms with van der Waals surface area (Å²) in [6.07, 6.45) is 0.111. The first kappa shape index (κ1) is 24.1. The van der Waals surface area contributed by atoms with E-state index in [0.717, 1.165) is 28.9 Å². The van der Waals surface area contributed by atoms with Crippen LogP contribution in [0.3, 0.4) is 0 Å². The van der Waals surface area contributed by atoms with E-state index in [1.807, 2.05) is 19.1 Å². The largest absolute Gasteiger partial charge is 0.379 e. The first-order chi connectivity index (χ1) is 16.9. The normalized spacial score (nSPS) is 19.0. The van der Waals surface area contributed by atoms with Crippen molar-refractivity contribution in [1.82, 2.24) is 9.88 Å². The van der Waals surface area contributed by atoms with Crippen molar-refractivity contribution in [3.8, 4) is 0 Å². The molecule has 10 heteroatoms. The summed E-state index contributed by atoms with van der Waals surface area (Å²) in [7, 11) is 0. The number of thiazole rings is 1. The molecule has 3 aromatic rings. The summed E-state index contributed by atoms with van der Waals surface area (Å²) in [5, 5.41) is 1.24. The lowest BCUT2D eigenvalue weighted by molar-refractivity contribution is -0.124. The number of amides is 2. The molecule has 2 saturated heterocycles. The number of aryl methyl sites for hydroxylation is 1. The molecule has 2 aliphatic heterocycles. The molecule has 0 spiro atoms. The van der Waals surface area contributed by atoms with Gasteiger partial charge in [0.05, 0.1) is 29.3 Å². The molecule has 35 heavy (non-hydrogen) atoms. The van der Waals surface area contributed by atoms with Crippen LogP contribution in [0, 0.1) is 18.7 Å². The van der Waals surface area contributed by atoms with Gasteiger partial charge in [0.1, 0.15) is 5.82 Å². The van der Waals surface area contributed by atoms with Crippen molar-refractivity contribution in [2.24, 2.45) is 5.92 Å². The summed E-state index contributed by atoms with van der Waals surface area (Å²) in [5.74, 6) is -1.14. The van der Waals surface area contributed by atoms with Gasteiger partial charge < -0.3 is 9.64 Å². The van der Waals surface area contributed by atoms with Gasteiger partial charge in [0.25, 0.3) is 0 Å². The number of benzene rings is 2. The van der Waals surface area contributed by atoms with Gasteiger partial charge in [-0.2, -0.15) is 0 Å². The molecule has 0 saturated carbocycles. The van der Waals surface area contributed by atoms with Crippen molar-refractivity contribution >= 4 is 55.8 Å². The van der Waals surface area contributed by atoms with Gasteiger partial charge in [-0.15, -0.1) is 0 Å². The van der Waals surface area contributed by atoms with E-state index in [0.29, 0.717) is 42.1 Å². The highest BCUT2D eigenvalue weighted by atomic mass is 35.5. The molecule has 7 nitrogen and oxygen atoms in total. The molecule has 1 unspecified atom stereocenters. The Morgan fingerprint density at radius 1 is 1.23 bits per heavy atom. The van der Waals surface area contributed by atoms with Crippen molar-refractivity contribution in [3.05, 3.63) is 52.8 Å². The average Bonchev–Trinajstić information content (AvgIpc) is 3.47. The van der Waals surface area contributed by atoms with Gasteiger partial charge in [0.2, 0.25) is 11.8 Å². The summed E-state index contributed by atoms with van der Waals surface area (Å²) >= 11 is 7.76. The molecule has 2 fully saturated rings. The SMILES string of the molecule is Cc1c(Cl)ccc2sc(N(CCN3CCOCC3)C(=O)C3CC(=O)N(c4ccc(F)cc4)C3)nc12. The number of fused-ring (bicyclic) bond motifs is 1. The highest BCUT2D eigenvalue weighted by Crippen LogP contribution is 2.35. The second-order valence-corrected chi connectivity index (χ2v) is 10.3. The Morgan fingerprint density at radius 3 is 2.71 bits per heavy atom. The minimum absolute atomic E-state index is 0.111. The summed E-state index contributed by atoms with van der Waals surface area (Å²) in [4.78, 5) is 36.9. The fraction of sp³-hybridized carbons (Fsp3) is 0.400. The van der Waals surface area contributed by atoms with Crippen LogP contribution >= 0.6 is 22.9 Å². The van der Waals surface area contributed by atoms with Gasteiger partial charge in [-0.05, 0) is 48.9 Å². The van der Waals surface area contributed by atoms with Gasteiger partial charge in [0, 0.05) is 49.9 Å². The fourth-order valence-corrected chi connectivity index (χ4v) is 5.74. The zero-order valence-electron chi connectivity index (χ0n) is 19.4. The van der Waals surface area contributed by atoms with Gasteiger partial charge in [0.15, 0.2) is 5.13 Å². The number of nitrogens with zero attached hydrogens (tertiary/aromatic N) is 4. The molecule has 0 aliphatic carbocycles. The minimum atomic E-state index is -0.506. The molecule has 184 valence electrons. The third-order valence-corrected chi connectivity index (χ3v) is 8.04. The van der Waals surface area contributed by atoms with E-state index in [9.17, 15) is 14.0 Å². The number of carbonyl (C=O) groups is 2. The van der Waals surface area contributed by atoms with E-state index < -0.39 is 5.92 Å². The van der Waals surface area contributed by atoms with E-state index in [-0.39, 0.29) is 30.6 Å². The number of halogens is 2. The van der Waals surface area contributed by atoms with Crippen LogP contribution in [0.5, 0.6) is 0 Å². The zero-order valence-corrected chi connectivity index (χ0v) is 20.9. The maximum absolute atomic E-state index is 13.8. The van der Waals surface area contributed by atoms with Gasteiger partial charge in [-0.3, -0.25) is 19.4 Å². The second-order valence-electron chi connectivity index (χ2n) is 8.84. The van der Waals surface area contributed by atoms with E-state index in [2.05, 4.69) is 4.90 Å². The Labute approximate surface area is 212 Å². The number of rotatable bonds is 6. The molecule has 1 atom stereocenters. The zero-order chi connectivity index (χ0) is 24.5. The van der Waals surface area contributed by atoms with Gasteiger partial charge in [-0.25, -0.2) is 9.37 Å². The van der Waals surface area contributed by atoms with Crippen molar-refractivity contribution in [3.63, 3.8) is 0 Å². The molecule has 0 radical (unpaired) electrons.